The summed E-state index contributed by atoms with van der Waals surface area (Å²) in [6, 6.07) is 65.3. The molecule has 0 atom stereocenters. The van der Waals surface area contributed by atoms with Crippen LogP contribution in [-0.2, 0) is 0 Å². The predicted octanol–water partition coefficient (Wildman–Crippen LogP) is 12.3. The molecule has 234 valence electrons. The third-order valence-corrected chi connectivity index (χ3v) is 9.97. The number of aromatic nitrogens is 3. The van der Waals surface area contributed by atoms with Crippen LogP contribution in [0.5, 0.6) is 0 Å². The van der Waals surface area contributed by atoms with Crippen molar-refractivity contribution < 1.29 is 0 Å². The van der Waals surface area contributed by atoms with Gasteiger partial charge in [0, 0.05) is 33.4 Å². The normalized spacial score (nSPS) is 11.6. The number of hydrogen-bond donors (Lipinski definition) is 0. The van der Waals surface area contributed by atoms with Crippen LogP contribution in [0, 0.1) is 0 Å². The Bertz CT molecular complexity index is 2860. The van der Waals surface area contributed by atoms with Crippen molar-refractivity contribution in [2.75, 3.05) is 0 Å². The van der Waals surface area contributed by atoms with Crippen LogP contribution in [0.2, 0.25) is 0 Å². The summed E-state index contributed by atoms with van der Waals surface area (Å²) in [5.74, 6) is 0.903. The van der Waals surface area contributed by atoms with Crippen molar-refractivity contribution in [3.63, 3.8) is 0 Å². The maximum atomic E-state index is 4.92. The average molecular weight is 638 g/mol. The summed E-state index contributed by atoms with van der Waals surface area (Å²) in [6.07, 6.45) is 1.93. The molecule has 0 unspecified atom stereocenters. The number of benzene rings is 7. The summed E-state index contributed by atoms with van der Waals surface area (Å²) in [7, 11) is 0. The van der Waals surface area contributed by atoms with Gasteiger partial charge in [-0.1, -0.05) is 121 Å². The number of pyridine rings is 1. The lowest BCUT2D eigenvalue weighted by molar-refractivity contribution is 1.08. The Labute approximate surface area is 290 Å². The molecule has 3 heteroatoms. The Morgan fingerprint density at radius 2 is 0.840 bits per heavy atom. The first-order valence-corrected chi connectivity index (χ1v) is 17.0. The summed E-state index contributed by atoms with van der Waals surface area (Å²) in [4.78, 5) is 4.92. The zero-order chi connectivity index (χ0) is 33.0. The Morgan fingerprint density at radius 1 is 0.300 bits per heavy atom. The number of rotatable bonds is 5. The van der Waals surface area contributed by atoms with Crippen molar-refractivity contribution in [2.45, 2.75) is 0 Å². The van der Waals surface area contributed by atoms with Crippen LogP contribution >= 0.6 is 0 Å². The largest absolute Gasteiger partial charge is 0.309 e. The van der Waals surface area contributed by atoms with Crippen molar-refractivity contribution >= 4 is 43.6 Å². The smallest absolute Gasteiger partial charge is 0.138 e. The van der Waals surface area contributed by atoms with Gasteiger partial charge in [0.25, 0.3) is 0 Å². The van der Waals surface area contributed by atoms with E-state index in [9.17, 15) is 0 Å². The van der Waals surface area contributed by atoms with Crippen molar-refractivity contribution in [2.24, 2.45) is 0 Å². The molecule has 3 heterocycles. The first-order valence-electron chi connectivity index (χ1n) is 17.0. The Kier molecular flexibility index (Phi) is 6.49. The summed E-state index contributed by atoms with van der Waals surface area (Å²) in [5.41, 5.74) is 13.0. The highest BCUT2D eigenvalue weighted by atomic mass is 15.1. The molecule has 0 saturated heterocycles. The van der Waals surface area contributed by atoms with E-state index in [0.29, 0.717) is 0 Å². The van der Waals surface area contributed by atoms with Gasteiger partial charge in [0.15, 0.2) is 0 Å². The van der Waals surface area contributed by atoms with Gasteiger partial charge < -0.3 is 4.57 Å². The molecule has 0 fully saturated rings. The summed E-state index contributed by atoms with van der Waals surface area (Å²) in [6.45, 7) is 0. The molecule has 0 aliphatic heterocycles. The molecule has 3 nitrogen and oxygen atoms in total. The molecule has 0 radical (unpaired) electrons. The SMILES string of the molecule is c1ccc(-c2cccc(-c3ccnc(-n4c5ccccc5c5cc(-c6ccc7c8ccccc8n(-c8ccccc8)c7c6)ccc54)c3)c2)cc1. The Hall–Kier alpha value is -6.71. The van der Waals surface area contributed by atoms with Crippen LogP contribution in [0.15, 0.2) is 188 Å². The maximum absolute atomic E-state index is 4.92. The van der Waals surface area contributed by atoms with Crippen LogP contribution in [0.4, 0.5) is 0 Å². The number of nitrogens with zero attached hydrogens (tertiary/aromatic N) is 3. The van der Waals surface area contributed by atoms with Crippen LogP contribution in [0.3, 0.4) is 0 Å². The zero-order valence-electron chi connectivity index (χ0n) is 27.2. The fourth-order valence-corrected chi connectivity index (χ4v) is 7.63. The van der Waals surface area contributed by atoms with Gasteiger partial charge in [-0.15, -0.1) is 0 Å². The van der Waals surface area contributed by atoms with Crippen molar-refractivity contribution in [1.82, 2.24) is 14.1 Å². The van der Waals surface area contributed by atoms with E-state index in [0.717, 1.165) is 28.1 Å². The molecule has 0 saturated carbocycles. The molecule has 10 rings (SSSR count). The number of fused-ring (bicyclic) bond motifs is 6. The van der Waals surface area contributed by atoms with Crippen molar-refractivity contribution in [3.8, 4) is 44.9 Å². The van der Waals surface area contributed by atoms with Gasteiger partial charge in [0.1, 0.15) is 5.82 Å². The molecule has 3 aromatic heterocycles. The van der Waals surface area contributed by atoms with Gasteiger partial charge in [-0.2, -0.15) is 0 Å². The van der Waals surface area contributed by atoms with Gasteiger partial charge in [-0.25, -0.2) is 4.98 Å². The molecular formula is C47H31N3. The topological polar surface area (TPSA) is 22.8 Å². The first kappa shape index (κ1) is 28.3. The quantitative estimate of drug-likeness (QED) is 0.184. The molecular weight excluding hydrogens is 607 g/mol. The van der Waals surface area contributed by atoms with Crippen molar-refractivity contribution in [1.29, 1.82) is 0 Å². The van der Waals surface area contributed by atoms with Crippen LogP contribution < -0.4 is 0 Å². The van der Waals surface area contributed by atoms with Gasteiger partial charge in [-0.3, -0.25) is 4.57 Å². The summed E-state index contributed by atoms with van der Waals surface area (Å²) < 4.78 is 4.68. The second kappa shape index (κ2) is 11.5. The Morgan fingerprint density at radius 3 is 1.64 bits per heavy atom. The molecule has 0 spiro atoms. The lowest BCUT2D eigenvalue weighted by Crippen LogP contribution is -1.97. The van der Waals surface area contributed by atoms with E-state index in [1.165, 1.54) is 60.4 Å². The van der Waals surface area contributed by atoms with E-state index < -0.39 is 0 Å². The van der Waals surface area contributed by atoms with Crippen molar-refractivity contribution in [3.05, 3.63) is 188 Å². The summed E-state index contributed by atoms with van der Waals surface area (Å²) >= 11 is 0. The third kappa shape index (κ3) is 4.56. The molecule has 7 aromatic carbocycles. The molecule has 0 aliphatic rings. The van der Waals surface area contributed by atoms with Crippen LogP contribution in [-0.4, -0.2) is 14.1 Å². The van der Waals surface area contributed by atoms with Gasteiger partial charge >= 0.3 is 0 Å². The fourth-order valence-electron chi connectivity index (χ4n) is 7.63. The number of hydrogen-bond acceptors (Lipinski definition) is 1. The van der Waals surface area contributed by atoms with Crippen LogP contribution in [0.1, 0.15) is 0 Å². The van der Waals surface area contributed by atoms with Gasteiger partial charge in [-0.05, 0) is 94.0 Å². The highest BCUT2D eigenvalue weighted by molar-refractivity contribution is 6.12. The van der Waals surface area contributed by atoms with E-state index in [1.54, 1.807) is 0 Å². The molecule has 0 bridgehead atoms. The van der Waals surface area contributed by atoms with Crippen LogP contribution in [0.25, 0.3) is 88.5 Å². The highest BCUT2D eigenvalue weighted by Crippen LogP contribution is 2.38. The molecule has 0 aliphatic carbocycles. The minimum Gasteiger partial charge on any atom is -0.309 e. The Balaban J connectivity index is 1.12. The monoisotopic (exact) mass is 637 g/mol. The number of para-hydroxylation sites is 3. The molecule has 0 amide bonds. The molecule has 50 heavy (non-hydrogen) atoms. The van der Waals surface area contributed by atoms with Gasteiger partial charge in [0.2, 0.25) is 0 Å². The predicted molar refractivity (Wildman–Crippen MR) is 209 cm³/mol. The van der Waals surface area contributed by atoms with E-state index in [2.05, 4.69) is 191 Å². The van der Waals surface area contributed by atoms with E-state index >= 15 is 0 Å². The maximum Gasteiger partial charge on any atom is 0.138 e. The standard InChI is InChI=1S/C47H31N3/c1-3-12-32(13-4-1)33-14-11-15-34(28-33)37-26-27-48-47(31-37)50-44-21-10-8-19-40(44)42-29-35(23-25-45(42)50)36-22-24-41-39-18-7-9-20-43(39)49(46(41)30-36)38-16-5-2-6-17-38/h1-31H. The minimum absolute atomic E-state index is 0.903. The van der Waals surface area contributed by atoms with E-state index in [4.69, 9.17) is 4.98 Å². The zero-order valence-corrected chi connectivity index (χ0v) is 27.2. The minimum atomic E-state index is 0.903. The second-order valence-electron chi connectivity index (χ2n) is 12.9. The molecule has 0 N–H and O–H groups in total. The highest BCUT2D eigenvalue weighted by Gasteiger charge is 2.17. The molecule has 10 aromatic rings. The lowest BCUT2D eigenvalue weighted by Gasteiger charge is -2.11. The fraction of sp³-hybridized carbons (Fsp3) is 0. The average Bonchev–Trinajstić information content (AvgIpc) is 3.71. The lowest BCUT2D eigenvalue weighted by atomic mass is 9.99. The third-order valence-electron chi connectivity index (χ3n) is 9.97. The van der Waals surface area contributed by atoms with E-state index in [-0.39, 0.29) is 0 Å². The summed E-state index contributed by atoms with van der Waals surface area (Å²) in [5, 5.41) is 4.94. The second-order valence-corrected chi connectivity index (χ2v) is 12.9. The van der Waals surface area contributed by atoms with E-state index in [1.807, 2.05) is 6.20 Å². The first-order chi connectivity index (χ1) is 24.8. The van der Waals surface area contributed by atoms with Gasteiger partial charge in [0.05, 0.1) is 22.1 Å².